The van der Waals surface area contributed by atoms with Gasteiger partial charge in [-0.2, -0.15) is 0 Å². The van der Waals surface area contributed by atoms with Crippen molar-refractivity contribution in [1.82, 2.24) is 10.3 Å². The Morgan fingerprint density at radius 1 is 1.12 bits per heavy atom. The number of hydrogen-bond acceptors (Lipinski definition) is 1. The van der Waals surface area contributed by atoms with E-state index >= 15 is 0 Å². The van der Waals surface area contributed by atoms with E-state index in [4.69, 9.17) is 0 Å². The first-order valence-corrected chi connectivity index (χ1v) is 6.23. The summed E-state index contributed by atoms with van der Waals surface area (Å²) in [6.07, 6.45) is 2.57. The molecular formula is C14H16N2. The van der Waals surface area contributed by atoms with Crippen molar-refractivity contribution >= 4 is 10.9 Å². The molecule has 0 bridgehead atoms. The Balaban J connectivity index is 1.99. The Morgan fingerprint density at radius 2 is 2.06 bits per heavy atom. The summed E-state index contributed by atoms with van der Waals surface area (Å²) in [6, 6.07) is 8.74. The molecule has 16 heavy (non-hydrogen) atoms. The second-order valence-electron chi connectivity index (χ2n) is 5.13. The third-order valence-electron chi connectivity index (χ3n) is 4.30. The van der Waals surface area contributed by atoms with Crippen molar-refractivity contribution in [3.05, 3.63) is 35.5 Å². The lowest BCUT2D eigenvalue weighted by Crippen LogP contribution is -2.18. The Morgan fingerprint density at radius 3 is 3.06 bits per heavy atom. The van der Waals surface area contributed by atoms with Crippen molar-refractivity contribution in [3.63, 3.8) is 0 Å². The molecule has 1 saturated heterocycles. The van der Waals surface area contributed by atoms with Crippen LogP contribution in [0.1, 0.15) is 23.6 Å². The molecule has 2 atom stereocenters. The number of benzene rings is 1. The molecule has 2 aromatic rings. The van der Waals surface area contributed by atoms with Gasteiger partial charge >= 0.3 is 0 Å². The predicted octanol–water partition coefficient (Wildman–Crippen LogP) is 2.42. The fourth-order valence-corrected chi connectivity index (χ4v) is 3.54. The van der Waals surface area contributed by atoms with Crippen molar-refractivity contribution in [2.75, 3.05) is 13.1 Å². The highest BCUT2D eigenvalue weighted by Gasteiger charge is 2.35. The molecule has 82 valence electrons. The van der Waals surface area contributed by atoms with Gasteiger partial charge in [0.15, 0.2) is 0 Å². The van der Waals surface area contributed by atoms with Crippen LogP contribution >= 0.6 is 0 Å². The van der Waals surface area contributed by atoms with E-state index in [9.17, 15) is 0 Å². The van der Waals surface area contributed by atoms with Crippen LogP contribution in [-0.4, -0.2) is 18.1 Å². The van der Waals surface area contributed by atoms with E-state index < -0.39 is 0 Å². The van der Waals surface area contributed by atoms with E-state index in [0.29, 0.717) is 0 Å². The Kier molecular flexibility index (Phi) is 1.71. The molecule has 2 aliphatic rings. The maximum Gasteiger partial charge on any atom is 0.0459 e. The minimum Gasteiger partial charge on any atom is -0.358 e. The van der Waals surface area contributed by atoms with Crippen LogP contribution in [0, 0.1) is 5.92 Å². The molecular weight excluding hydrogens is 196 g/mol. The monoisotopic (exact) mass is 212 g/mol. The van der Waals surface area contributed by atoms with E-state index in [1.165, 1.54) is 42.5 Å². The highest BCUT2D eigenvalue weighted by atomic mass is 14.9. The molecule has 0 spiro atoms. The quantitative estimate of drug-likeness (QED) is 0.689. The van der Waals surface area contributed by atoms with Crippen LogP contribution < -0.4 is 5.32 Å². The van der Waals surface area contributed by atoms with Crippen molar-refractivity contribution in [1.29, 1.82) is 0 Å². The highest BCUT2D eigenvalue weighted by Crippen LogP contribution is 2.41. The number of H-pyrrole nitrogens is 1. The summed E-state index contributed by atoms with van der Waals surface area (Å²) in [5, 5.41) is 5.00. The zero-order valence-electron chi connectivity index (χ0n) is 9.29. The van der Waals surface area contributed by atoms with Gasteiger partial charge in [-0.15, -0.1) is 0 Å². The average molecular weight is 212 g/mol. The standard InChI is InChI=1S/C14H16N2/c1-2-4-12-10(3-1)14-11-8-15-7-9(11)5-6-13(14)16-12/h1-4,9,11,15-16H,5-8H2. The number of aromatic amines is 1. The zero-order valence-corrected chi connectivity index (χ0v) is 9.29. The van der Waals surface area contributed by atoms with Gasteiger partial charge in [-0.25, -0.2) is 0 Å². The lowest BCUT2D eigenvalue weighted by Gasteiger charge is -2.24. The molecule has 1 fully saturated rings. The average Bonchev–Trinajstić information content (AvgIpc) is 2.91. The van der Waals surface area contributed by atoms with Crippen LogP contribution in [0.2, 0.25) is 0 Å². The summed E-state index contributed by atoms with van der Waals surface area (Å²) in [5.74, 6) is 1.62. The van der Waals surface area contributed by atoms with Gasteiger partial charge in [-0.3, -0.25) is 0 Å². The van der Waals surface area contributed by atoms with Gasteiger partial charge in [-0.1, -0.05) is 18.2 Å². The first-order chi connectivity index (χ1) is 7.93. The van der Waals surface area contributed by atoms with Gasteiger partial charge < -0.3 is 10.3 Å². The predicted molar refractivity (Wildman–Crippen MR) is 65.7 cm³/mol. The molecule has 2 heterocycles. The van der Waals surface area contributed by atoms with E-state index in [0.717, 1.165) is 11.8 Å². The van der Waals surface area contributed by atoms with Crippen LogP contribution in [0.15, 0.2) is 24.3 Å². The summed E-state index contributed by atoms with van der Waals surface area (Å²) in [5.41, 5.74) is 4.42. The van der Waals surface area contributed by atoms with Crippen molar-refractivity contribution in [2.24, 2.45) is 5.92 Å². The third kappa shape index (κ3) is 1.05. The van der Waals surface area contributed by atoms with Crippen molar-refractivity contribution in [3.8, 4) is 0 Å². The fourth-order valence-electron chi connectivity index (χ4n) is 3.54. The smallest absolute Gasteiger partial charge is 0.0459 e. The Bertz CT molecular complexity index is 541. The largest absolute Gasteiger partial charge is 0.358 e. The molecule has 2 unspecified atom stereocenters. The molecule has 1 aliphatic carbocycles. The lowest BCUT2D eigenvalue weighted by atomic mass is 9.79. The molecule has 2 heteroatoms. The summed E-state index contributed by atoms with van der Waals surface area (Å²) in [7, 11) is 0. The minimum absolute atomic E-state index is 0.750. The van der Waals surface area contributed by atoms with E-state index in [2.05, 4.69) is 34.6 Å². The second kappa shape index (κ2) is 3.11. The molecule has 1 aromatic heterocycles. The van der Waals surface area contributed by atoms with Crippen LogP contribution in [0.3, 0.4) is 0 Å². The van der Waals surface area contributed by atoms with Gasteiger partial charge in [0, 0.05) is 29.1 Å². The Labute approximate surface area is 95.1 Å². The second-order valence-corrected chi connectivity index (χ2v) is 5.13. The summed E-state index contributed by atoms with van der Waals surface area (Å²) in [6.45, 7) is 2.38. The van der Waals surface area contributed by atoms with Gasteiger partial charge in [0.1, 0.15) is 0 Å². The minimum atomic E-state index is 0.750. The zero-order chi connectivity index (χ0) is 10.5. The topological polar surface area (TPSA) is 27.8 Å². The first-order valence-electron chi connectivity index (χ1n) is 6.23. The van der Waals surface area contributed by atoms with Crippen molar-refractivity contribution in [2.45, 2.75) is 18.8 Å². The highest BCUT2D eigenvalue weighted by molar-refractivity contribution is 5.85. The summed E-state index contributed by atoms with van der Waals surface area (Å²) >= 11 is 0. The summed E-state index contributed by atoms with van der Waals surface area (Å²) < 4.78 is 0. The number of aromatic nitrogens is 1. The van der Waals surface area contributed by atoms with Crippen LogP contribution in [0.4, 0.5) is 0 Å². The normalized spacial score (nSPS) is 28.0. The summed E-state index contributed by atoms with van der Waals surface area (Å²) in [4.78, 5) is 3.60. The van der Waals surface area contributed by atoms with Crippen LogP contribution in [-0.2, 0) is 6.42 Å². The van der Waals surface area contributed by atoms with E-state index in [-0.39, 0.29) is 0 Å². The SMILES string of the molecule is c1ccc2c3c([nH]c2c1)CCC1CNCC31. The number of rotatable bonds is 0. The molecule has 0 amide bonds. The van der Waals surface area contributed by atoms with E-state index in [1.807, 2.05) is 0 Å². The molecule has 1 aliphatic heterocycles. The number of hydrogen-bond donors (Lipinski definition) is 2. The Hall–Kier alpha value is -1.28. The van der Waals surface area contributed by atoms with Crippen LogP contribution in [0.5, 0.6) is 0 Å². The number of para-hydroxylation sites is 1. The van der Waals surface area contributed by atoms with Gasteiger partial charge in [0.05, 0.1) is 0 Å². The lowest BCUT2D eigenvalue weighted by molar-refractivity contribution is 0.451. The van der Waals surface area contributed by atoms with Gasteiger partial charge in [0.25, 0.3) is 0 Å². The molecule has 0 radical (unpaired) electrons. The maximum absolute atomic E-state index is 3.60. The number of nitrogens with one attached hydrogen (secondary N) is 2. The van der Waals surface area contributed by atoms with Crippen molar-refractivity contribution < 1.29 is 0 Å². The molecule has 2 nitrogen and oxygen atoms in total. The van der Waals surface area contributed by atoms with Gasteiger partial charge in [0.2, 0.25) is 0 Å². The molecule has 4 rings (SSSR count). The van der Waals surface area contributed by atoms with Gasteiger partial charge in [-0.05, 0) is 36.9 Å². The van der Waals surface area contributed by atoms with E-state index in [1.54, 1.807) is 5.56 Å². The third-order valence-corrected chi connectivity index (χ3v) is 4.30. The fraction of sp³-hybridized carbons (Fsp3) is 0.429. The van der Waals surface area contributed by atoms with Crippen LogP contribution in [0.25, 0.3) is 10.9 Å². The number of fused-ring (bicyclic) bond motifs is 5. The molecule has 0 saturated carbocycles. The molecule has 1 aromatic carbocycles. The first kappa shape index (κ1) is 8.82. The maximum atomic E-state index is 3.60. The molecule has 2 N–H and O–H groups in total. The number of aryl methyl sites for hydroxylation is 1.